The van der Waals surface area contributed by atoms with Crippen molar-refractivity contribution < 1.29 is 4.39 Å². The van der Waals surface area contributed by atoms with Gasteiger partial charge in [0.2, 0.25) is 0 Å². The highest BCUT2D eigenvalue weighted by atomic mass is 32.1. The summed E-state index contributed by atoms with van der Waals surface area (Å²) in [4.78, 5) is 7.09. The van der Waals surface area contributed by atoms with Gasteiger partial charge in [-0.25, -0.2) is 9.37 Å². The van der Waals surface area contributed by atoms with E-state index in [1.165, 1.54) is 24.1 Å². The summed E-state index contributed by atoms with van der Waals surface area (Å²) in [7, 11) is 0. The number of anilines is 1. The molecule has 4 nitrogen and oxygen atoms in total. The molecule has 0 saturated carbocycles. The van der Waals surface area contributed by atoms with Crippen molar-refractivity contribution in [2.24, 2.45) is 0 Å². The number of piperidine rings is 1. The Morgan fingerprint density at radius 1 is 1.26 bits per heavy atom. The summed E-state index contributed by atoms with van der Waals surface area (Å²) in [5, 5.41) is 10.0. The van der Waals surface area contributed by atoms with E-state index in [1.54, 1.807) is 23.5 Å². The second kappa shape index (κ2) is 6.12. The Kier molecular flexibility index (Phi) is 3.83. The molecule has 2 aromatic heterocycles. The zero-order valence-corrected chi connectivity index (χ0v) is 13.4. The zero-order chi connectivity index (χ0) is 15.6. The molecule has 6 heteroatoms. The van der Waals surface area contributed by atoms with Crippen LogP contribution in [0.15, 0.2) is 42.0 Å². The van der Waals surface area contributed by atoms with Gasteiger partial charge in [-0.3, -0.25) is 5.10 Å². The molecule has 0 spiro atoms. The topological polar surface area (TPSA) is 44.8 Å². The summed E-state index contributed by atoms with van der Waals surface area (Å²) in [6.45, 7) is 2.00. The van der Waals surface area contributed by atoms with Gasteiger partial charge in [0.25, 0.3) is 0 Å². The Balaban J connectivity index is 1.53. The summed E-state index contributed by atoms with van der Waals surface area (Å²) in [5.41, 5.74) is 3.14. The molecule has 1 fully saturated rings. The fourth-order valence-electron chi connectivity index (χ4n) is 3.07. The molecule has 1 aliphatic rings. The Hall–Kier alpha value is -2.21. The van der Waals surface area contributed by atoms with Crippen LogP contribution >= 0.6 is 11.3 Å². The fourth-order valence-corrected chi connectivity index (χ4v) is 3.94. The molecule has 0 unspecified atom stereocenters. The molecule has 0 aliphatic carbocycles. The summed E-state index contributed by atoms with van der Waals surface area (Å²) in [5.74, 6) is 0.281. The highest BCUT2D eigenvalue weighted by Crippen LogP contribution is 2.33. The third-order valence-corrected chi connectivity index (χ3v) is 5.22. The smallest absolute Gasteiger partial charge is 0.185 e. The van der Waals surface area contributed by atoms with E-state index in [2.05, 4.69) is 15.1 Å². The van der Waals surface area contributed by atoms with Crippen LogP contribution < -0.4 is 4.90 Å². The van der Waals surface area contributed by atoms with Crippen LogP contribution in [-0.4, -0.2) is 28.3 Å². The number of rotatable bonds is 3. The normalized spacial score (nSPS) is 18.3. The van der Waals surface area contributed by atoms with Gasteiger partial charge in [-0.1, -0.05) is 0 Å². The van der Waals surface area contributed by atoms with Crippen LogP contribution in [0.2, 0.25) is 0 Å². The van der Waals surface area contributed by atoms with E-state index in [-0.39, 0.29) is 5.82 Å². The molecule has 1 aromatic carbocycles. The van der Waals surface area contributed by atoms with Gasteiger partial charge < -0.3 is 4.90 Å². The minimum atomic E-state index is -0.219. The SMILES string of the molecule is Fc1ccc(-c2csc(N3CCC[C@@H](c4cn[nH]c4)C3)n2)cc1. The molecule has 1 N–H and O–H groups in total. The van der Waals surface area contributed by atoms with Gasteiger partial charge in [0.15, 0.2) is 5.13 Å². The number of hydrogen-bond donors (Lipinski definition) is 1. The Morgan fingerprint density at radius 3 is 2.91 bits per heavy atom. The predicted octanol–water partition coefficient (Wildman–Crippen LogP) is 4.06. The minimum absolute atomic E-state index is 0.219. The van der Waals surface area contributed by atoms with Gasteiger partial charge in [0.05, 0.1) is 11.9 Å². The number of aromatic amines is 1. The van der Waals surface area contributed by atoms with E-state index in [4.69, 9.17) is 4.98 Å². The molecule has 4 rings (SSSR count). The molecule has 0 bridgehead atoms. The van der Waals surface area contributed by atoms with Gasteiger partial charge in [0.1, 0.15) is 5.82 Å². The molecular formula is C17H17FN4S. The van der Waals surface area contributed by atoms with Crippen LogP contribution in [-0.2, 0) is 0 Å². The lowest BCUT2D eigenvalue weighted by Gasteiger charge is -2.32. The molecule has 3 heterocycles. The maximum Gasteiger partial charge on any atom is 0.185 e. The molecular weight excluding hydrogens is 311 g/mol. The van der Waals surface area contributed by atoms with Crippen LogP contribution in [0.1, 0.15) is 24.3 Å². The summed E-state index contributed by atoms with van der Waals surface area (Å²) < 4.78 is 13.0. The van der Waals surface area contributed by atoms with Crippen molar-refractivity contribution in [3.05, 3.63) is 53.4 Å². The van der Waals surface area contributed by atoms with E-state index < -0.39 is 0 Å². The van der Waals surface area contributed by atoms with Crippen molar-refractivity contribution in [2.75, 3.05) is 18.0 Å². The first-order valence-corrected chi connectivity index (χ1v) is 8.62. The summed E-state index contributed by atoms with van der Waals surface area (Å²) in [6, 6.07) is 6.51. The number of hydrogen-bond acceptors (Lipinski definition) is 4. The van der Waals surface area contributed by atoms with Gasteiger partial charge in [0, 0.05) is 36.1 Å². The third kappa shape index (κ3) is 2.99. The van der Waals surface area contributed by atoms with E-state index in [1.807, 2.05) is 17.8 Å². The largest absolute Gasteiger partial charge is 0.347 e. The van der Waals surface area contributed by atoms with E-state index in [9.17, 15) is 4.39 Å². The van der Waals surface area contributed by atoms with Crippen LogP contribution in [0.25, 0.3) is 11.3 Å². The van der Waals surface area contributed by atoms with E-state index >= 15 is 0 Å². The number of halogens is 1. The highest BCUT2D eigenvalue weighted by Gasteiger charge is 2.24. The zero-order valence-electron chi connectivity index (χ0n) is 12.6. The quantitative estimate of drug-likeness (QED) is 0.789. The molecule has 3 aromatic rings. The number of benzene rings is 1. The maximum absolute atomic E-state index is 13.0. The molecule has 1 saturated heterocycles. The van der Waals surface area contributed by atoms with Crippen LogP contribution in [0, 0.1) is 5.82 Å². The standard InChI is InChI=1S/C17H17FN4S/c18-15-5-3-12(4-6-15)16-11-23-17(21-16)22-7-1-2-13(10-22)14-8-19-20-9-14/h3-6,8-9,11,13H,1-2,7,10H2,(H,19,20)/t13-/m1/s1. The lowest BCUT2D eigenvalue weighted by Crippen LogP contribution is -2.34. The molecule has 23 heavy (non-hydrogen) atoms. The second-order valence-electron chi connectivity index (χ2n) is 5.84. The van der Waals surface area contributed by atoms with E-state index in [0.717, 1.165) is 35.9 Å². The molecule has 0 radical (unpaired) electrons. The van der Waals surface area contributed by atoms with Crippen LogP contribution in [0.4, 0.5) is 9.52 Å². The van der Waals surface area contributed by atoms with Crippen LogP contribution in [0.3, 0.4) is 0 Å². The number of thiazole rings is 1. The van der Waals surface area contributed by atoms with Crippen molar-refractivity contribution in [2.45, 2.75) is 18.8 Å². The number of aromatic nitrogens is 3. The van der Waals surface area contributed by atoms with Gasteiger partial charge >= 0.3 is 0 Å². The number of nitrogens with zero attached hydrogens (tertiary/aromatic N) is 3. The predicted molar refractivity (Wildman–Crippen MR) is 90.3 cm³/mol. The van der Waals surface area contributed by atoms with Crippen molar-refractivity contribution in [3.8, 4) is 11.3 Å². The average molecular weight is 328 g/mol. The summed E-state index contributed by atoms with van der Waals surface area (Å²) in [6.07, 6.45) is 6.24. The van der Waals surface area contributed by atoms with Gasteiger partial charge in [-0.05, 0) is 42.7 Å². The van der Waals surface area contributed by atoms with Gasteiger partial charge in [-0.15, -0.1) is 11.3 Å². The Morgan fingerprint density at radius 2 is 2.13 bits per heavy atom. The Bertz CT molecular complexity index is 766. The first-order chi connectivity index (χ1) is 11.3. The summed E-state index contributed by atoms with van der Waals surface area (Å²) >= 11 is 1.65. The Labute approximate surface area is 138 Å². The van der Waals surface area contributed by atoms with Crippen molar-refractivity contribution in [3.63, 3.8) is 0 Å². The van der Waals surface area contributed by atoms with Crippen LogP contribution in [0.5, 0.6) is 0 Å². The molecule has 1 atom stereocenters. The van der Waals surface area contributed by atoms with E-state index in [0.29, 0.717) is 5.92 Å². The van der Waals surface area contributed by atoms with Crippen molar-refractivity contribution >= 4 is 16.5 Å². The molecule has 1 aliphatic heterocycles. The minimum Gasteiger partial charge on any atom is -0.347 e. The number of H-pyrrole nitrogens is 1. The monoisotopic (exact) mass is 328 g/mol. The highest BCUT2D eigenvalue weighted by molar-refractivity contribution is 7.14. The van der Waals surface area contributed by atoms with Crippen molar-refractivity contribution in [1.29, 1.82) is 0 Å². The lowest BCUT2D eigenvalue weighted by atomic mass is 9.93. The van der Waals surface area contributed by atoms with Crippen molar-refractivity contribution in [1.82, 2.24) is 15.2 Å². The van der Waals surface area contributed by atoms with Gasteiger partial charge in [-0.2, -0.15) is 5.10 Å². The first-order valence-electron chi connectivity index (χ1n) is 7.75. The fraction of sp³-hybridized carbons (Fsp3) is 0.294. The molecule has 118 valence electrons. The maximum atomic E-state index is 13.0. The first kappa shape index (κ1) is 14.4. The second-order valence-corrected chi connectivity index (χ2v) is 6.68. The molecule has 0 amide bonds. The average Bonchev–Trinajstić information content (AvgIpc) is 3.28. The number of nitrogens with one attached hydrogen (secondary N) is 1. The lowest BCUT2D eigenvalue weighted by molar-refractivity contribution is 0.510. The third-order valence-electron chi connectivity index (χ3n) is 4.31.